The van der Waals surface area contributed by atoms with Crippen LogP contribution in [0.1, 0.15) is 54.9 Å². The van der Waals surface area contributed by atoms with Crippen LogP contribution >= 0.6 is 0 Å². The molecule has 1 unspecified atom stereocenters. The van der Waals surface area contributed by atoms with Gasteiger partial charge in [0.2, 0.25) is 0 Å². The fourth-order valence-electron chi connectivity index (χ4n) is 4.25. The molecule has 0 radical (unpaired) electrons. The Kier molecular flexibility index (Phi) is 6.88. The molecule has 0 saturated carbocycles. The van der Waals surface area contributed by atoms with Crippen molar-refractivity contribution in [3.05, 3.63) is 0 Å². The molecular formula is C14H32OSi. The zero-order valence-electron chi connectivity index (χ0n) is 12.6. The van der Waals surface area contributed by atoms with Crippen molar-refractivity contribution >= 4 is 10.5 Å². The second-order valence-corrected chi connectivity index (χ2v) is 6.72. The van der Waals surface area contributed by atoms with Gasteiger partial charge in [0.15, 0.2) is 0 Å². The summed E-state index contributed by atoms with van der Waals surface area (Å²) in [4.78, 5) is 0. The summed E-state index contributed by atoms with van der Waals surface area (Å²) >= 11 is 0. The molecule has 0 aromatic carbocycles. The van der Waals surface area contributed by atoms with Crippen molar-refractivity contribution in [2.75, 3.05) is 6.61 Å². The van der Waals surface area contributed by atoms with Crippen LogP contribution in [0.4, 0.5) is 0 Å². The standard InChI is InChI=1S/C14H32OSi/c1-10(2)14(11(3)4,12(5)6)13(7)8-9-15-16/h10-13H,8-9H2,1-7,16H3. The van der Waals surface area contributed by atoms with Gasteiger partial charge in [-0.3, -0.25) is 0 Å². The van der Waals surface area contributed by atoms with Gasteiger partial charge in [-0.25, -0.2) is 0 Å². The lowest BCUT2D eigenvalue weighted by Gasteiger charge is -2.50. The second-order valence-electron chi connectivity index (χ2n) is 6.15. The van der Waals surface area contributed by atoms with Crippen molar-refractivity contribution in [3.8, 4) is 0 Å². The quantitative estimate of drug-likeness (QED) is 0.625. The minimum absolute atomic E-state index is 0.445. The lowest BCUT2D eigenvalue weighted by molar-refractivity contribution is -0.0195. The Bertz CT molecular complexity index is 165. The van der Waals surface area contributed by atoms with Gasteiger partial charge < -0.3 is 4.43 Å². The van der Waals surface area contributed by atoms with E-state index >= 15 is 0 Å². The van der Waals surface area contributed by atoms with E-state index in [-0.39, 0.29) is 0 Å². The summed E-state index contributed by atoms with van der Waals surface area (Å²) in [5.74, 6) is 2.94. The number of hydrogen-bond acceptors (Lipinski definition) is 1. The predicted molar refractivity (Wildman–Crippen MR) is 76.6 cm³/mol. The predicted octanol–water partition coefficient (Wildman–Crippen LogP) is 3.26. The molecular weight excluding hydrogens is 212 g/mol. The Balaban J connectivity index is 5.02. The normalized spacial score (nSPS) is 15.4. The summed E-state index contributed by atoms with van der Waals surface area (Å²) in [5.41, 5.74) is 0.445. The molecule has 16 heavy (non-hydrogen) atoms. The summed E-state index contributed by atoms with van der Waals surface area (Å²) in [5, 5.41) is 0. The molecule has 0 saturated heterocycles. The molecule has 1 nitrogen and oxygen atoms in total. The van der Waals surface area contributed by atoms with Gasteiger partial charge in [-0.2, -0.15) is 0 Å². The highest BCUT2D eigenvalue weighted by Gasteiger charge is 2.43. The third-order valence-corrected chi connectivity index (χ3v) is 5.02. The zero-order valence-corrected chi connectivity index (χ0v) is 14.6. The highest BCUT2D eigenvalue weighted by atomic mass is 28.2. The van der Waals surface area contributed by atoms with Crippen molar-refractivity contribution < 1.29 is 4.43 Å². The molecule has 0 aromatic heterocycles. The van der Waals surface area contributed by atoms with Crippen LogP contribution < -0.4 is 0 Å². The average molecular weight is 244 g/mol. The van der Waals surface area contributed by atoms with E-state index in [4.69, 9.17) is 4.43 Å². The maximum Gasteiger partial charge on any atom is 0.145 e. The van der Waals surface area contributed by atoms with E-state index in [1.54, 1.807) is 0 Å². The molecule has 0 N–H and O–H groups in total. The summed E-state index contributed by atoms with van der Waals surface area (Å²) in [7, 11) is 0.870. The van der Waals surface area contributed by atoms with E-state index in [0.29, 0.717) is 5.41 Å². The van der Waals surface area contributed by atoms with Gasteiger partial charge in [-0.15, -0.1) is 0 Å². The van der Waals surface area contributed by atoms with Gasteiger partial charge in [0.05, 0.1) is 0 Å². The molecule has 0 aliphatic carbocycles. The SMILES string of the molecule is CC(C)C(C(C)C)(C(C)C)C(C)CCO[SiH3]. The van der Waals surface area contributed by atoms with Gasteiger partial charge in [-0.05, 0) is 35.5 Å². The monoisotopic (exact) mass is 244 g/mol. The fraction of sp³-hybridized carbons (Fsp3) is 1.00. The largest absolute Gasteiger partial charge is 0.428 e. The van der Waals surface area contributed by atoms with Crippen molar-refractivity contribution in [1.82, 2.24) is 0 Å². The lowest BCUT2D eigenvalue weighted by Crippen LogP contribution is -2.44. The van der Waals surface area contributed by atoms with Gasteiger partial charge in [0, 0.05) is 6.61 Å². The maximum atomic E-state index is 5.39. The number of rotatable bonds is 7. The van der Waals surface area contributed by atoms with E-state index in [2.05, 4.69) is 48.5 Å². The topological polar surface area (TPSA) is 9.23 Å². The van der Waals surface area contributed by atoms with E-state index in [9.17, 15) is 0 Å². The fourth-order valence-corrected chi connectivity index (χ4v) is 4.49. The molecule has 1 atom stereocenters. The van der Waals surface area contributed by atoms with Crippen LogP contribution in [0.15, 0.2) is 0 Å². The minimum atomic E-state index is 0.445. The summed E-state index contributed by atoms with van der Waals surface area (Å²) in [6.45, 7) is 17.7. The highest BCUT2D eigenvalue weighted by Crippen LogP contribution is 2.50. The van der Waals surface area contributed by atoms with E-state index in [0.717, 1.165) is 40.8 Å². The first-order chi connectivity index (χ1) is 7.31. The molecule has 98 valence electrons. The van der Waals surface area contributed by atoms with Crippen LogP contribution in [-0.2, 0) is 4.43 Å². The molecule has 0 spiro atoms. The smallest absolute Gasteiger partial charge is 0.145 e. The van der Waals surface area contributed by atoms with Crippen molar-refractivity contribution in [2.45, 2.75) is 54.9 Å². The van der Waals surface area contributed by atoms with Crippen molar-refractivity contribution in [1.29, 1.82) is 0 Å². The first-order valence-electron chi connectivity index (χ1n) is 6.80. The first-order valence-corrected chi connectivity index (χ1v) is 7.62. The van der Waals surface area contributed by atoms with E-state index < -0.39 is 0 Å². The van der Waals surface area contributed by atoms with Crippen LogP contribution in [0.25, 0.3) is 0 Å². The molecule has 0 aromatic rings. The van der Waals surface area contributed by atoms with Crippen LogP contribution in [0.5, 0.6) is 0 Å². The van der Waals surface area contributed by atoms with E-state index in [1.165, 1.54) is 6.42 Å². The summed E-state index contributed by atoms with van der Waals surface area (Å²) in [6.07, 6.45) is 1.21. The lowest BCUT2D eigenvalue weighted by atomic mass is 9.55. The van der Waals surface area contributed by atoms with Crippen molar-refractivity contribution in [3.63, 3.8) is 0 Å². The third kappa shape index (κ3) is 3.10. The molecule has 0 aliphatic rings. The molecule has 0 heterocycles. The summed E-state index contributed by atoms with van der Waals surface area (Å²) < 4.78 is 5.39. The molecule has 0 fully saturated rings. The Hall–Kier alpha value is 0.177. The Morgan fingerprint density at radius 3 is 1.50 bits per heavy atom. The number of hydrogen-bond donors (Lipinski definition) is 0. The van der Waals surface area contributed by atoms with E-state index in [1.807, 2.05) is 0 Å². The molecule has 0 aliphatic heterocycles. The maximum absolute atomic E-state index is 5.39. The Labute approximate surface area is 106 Å². The zero-order chi connectivity index (χ0) is 12.9. The van der Waals surface area contributed by atoms with Crippen LogP contribution in [-0.4, -0.2) is 17.1 Å². The molecule has 0 amide bonds. The van der Waals surface area contributed by atoms with Gasteiger partial charge in [0.1, 0.15) is 10.5 Å². The first kappa shape index (κ1) is 16.2. The Morgan fingerprint density at radius 2 is 1.25 bits per heavy atom. The van der Waals surface area contributed by atoms with Crippen LogP contribution in [0, 0.1) is 29.1 Å². The van der Waals surface area contributed by atoms with Gasteiger partial charge >= 0.3 is 0 Å². The molecule has 0 bridgehead atoms. The average Bonchev–Trinajstić information content (AvgIpc) is 2.13. The van der Waals surface area contributed by atoms with Crippen LogP contribution in [0.3, 0.4) is 0 Å². The second kappa shape index (κ2) is 6.80. The Morgan fingerprint density at radius 1 is 0.875 bits per heavy atom. The summed E-state index contributed by atoms with van der Waals surface area (Å²) in [6, 6.07) is 0. The minimum Gasteiger partial charge on any atom is -0.428 e. The van der Waals surface area contributed by atoms with Crippen LogP contribution in [0.2, 0.25) is 0 Å². The highest BCUT2D eigenvalue weighted by molar-refractivity contribution is 5.97. The van der Waals surface area contributed by atoms with Gasteiger partial charge in [-0.1, -0.05) is 48.5 Å². The molecule has 0 rings (SSSR count). The van der Waals surface area contributed by atoms with Gasteiger partial charge in [0.25, 0.3) is 0 Å². The third-order valence-electron chi connectivity index (χ3n) is 4.61. The van der Waals surface area contributed by atoms with Crippen molar-refractivity contribution in [2.24, 2.45) is 29.1 Å². The molecule has 2 heteroatoms.